The summed E-state index contributed by atoms with van der Waals surface area (Å²) < 4.78 is 15.9. The summed E-state index contributed by atoms with van der Waals surface area (Å²) >= 11 is 0. The third-order valence-corrected chi connectivity index (χ3v) is 4.49. The number of hydrogen-bond acceptors (Lipinski definition) is 7. The number of aromatic nitrogens is 2. The number of benzene rings is 1. The molecule has 0 spiro atoms. The van der Waals surface area contributed by atoms with E-state index in [1.54, 1.807) is 62.8 Å². The molecule has 0 saturated heterocycles. The van der Waals surface area contributed by atoms with Gasteiger partial charge in [0, 0.05) is 29.0 Å². The van der Waals surface area contributed by atoms with E-state index in [4.69, 9.17) is 14.2 Å². The molecule has 0 bridgehead atoms. The van der Waals surface area contributed by atoms with Crippen molar-refractivity contribution in [3.63, 3.8) is 0 Å². The van der Waals surface area contributed by atoms with Crippen LogP contribution in [0.5, 0.6) is 5.75 Å². The van der Waals surface area contributed by atoms with E-state index in [0.29, 0.717) is 17.1 Å². The first kappa shape index (κ1) is 19.3. The van der Waals surface area contributed by atoms with Crippen LogP contribution < -0.4 is 10.1 Å². The fourth-order valence-electron chi connectivity index (χ4n) is 3.05. The highest BCUT2D eigenvalue weighted by molar-refractivity contribution is 6.26. The third kappa shape index (κ3) is 3.62. The van der Waals surface area contributed by atoms with Crippen molar-refractivity contribution in [1.29, 1.82) is 0 Å². The first-order valence-electron chi connectivity index (χ1n) is 9.29. The molecule has 0 atom stereocenters. The van der Waals surface area contributed by atoms with Gasteiger partial charge in [-0.1, -0.05) is 0 Å². The molecule has 4 rings (SSSR count). The van der Waals surface area contributed by atoms with Gasteiger partial charge >= 0.3 is 5.97 Å². The summed E-state index contributed by atoms with van der Waals surface area (Å²) in [5.41, 5.74) is 1.84. The van der Waals surface area contributed by atoms with Crippen LogP contribution in [0.25, 0.3) is 17.1 Å². The Kier molecular flexibility index (Phi) is 5.21. The zero-order valence-electron chi connectivity index (χ0n) is 16.4. The standard InChI is InChI=1S/C22H19N3O5/c1-3-29-22(27)18-19(26)17(11-13-12-24-20-16(13)5-4-10-23-20)30-21(18)25-14-6-8-15(28-2)9-7-14/h4-12,25H,3H2,1-2H3,(H,23,24)/b17-11-. The number of nitrogens with zero attached hydrogens (tertiary/aromatic N) is 1. The Labute approximate surface area is 172 Å². The molecule has 2 N–H and O–H groups in total. The number of carbonyl (C=O) groups is 2. The number of nitrogens with one attached hydrogen (secondary N) is 2. The number of ether oxygens (including phenoxy) is 3. The molecule has 1 aromatic carbocycles. The Hall–Kier alpha value is -4.07. The van der Waals surface area contributed by atoms with E-state index < -0.39 is 11.8 Å². The number of allylic oxidation sites excluding steroid dienone is 1. The first-order valence-corrected chi connectivity index (χ1v) is 9.29. The largest absolute Gasteiger partial charge is 0.497 e. The number of fused-ring (bicyclic) bond motifs is 1. The molecule has 0 amide bonds. The van der Waals surface area contributed by atoms with Crippen molar-refractivity contribution in [2.45, 2.75) is 6.92 Å². The Morgan fingerprint density at radius 3 is 2.80 bits per heavy atom. The van der Waals surface area contributed by atoms with Gasteiger partial charge in [0.25, 0.3) is 0 Å². The van der Waals surface area contributed by atoms with Crippen LogP contribution in [0, 0.1) is 0 Å². The van der Waals surface area contributed by atoms with Crippen LogP contribution in [0.1, 0.15) is 12.5 Å². The Bertz CT molecular complexity index is 1170. The van der Waals surface area contributed by atoms with Gasteiger partial charge in [0.05, 0.1) is 13.7 Å². The van der Waals surface area contributed by atoms with E-state index >= 15 is 0 Å². The van der Waals surface area contributed by atoms with Gasteiger partial charge in [-0.3, -0.25) is 4.79 Å². The first-order chi connectivity index (χ1) is 14.6. The second-order valence-electron chi connectivity index (χ2n) is 6.36. The topological polar surface area (TPSA) is 103 Å². The molecule has 0 radical (unpaired) electrons. The van der Waals surface area contributed by atoms with Gasteiger partial charge in [-0.25, -0.2) is 9.78 Å². The number of H-pyrrole nitrogens is 1. The Morgan fingerprint density at radius 1 is 1.27 bits per heavy atom. The summed E-state index contributed by atoms with van der Waals surface area (Å²) in [6.07, 6.45) is 4.97. The van der Waals surface area contributed by atoms with Crippen LogP contribution in [-0.2, 0) is 19.1 Å². The highest BCUT2D eigenvalue weighted by Crippen LogP contribution is 2.30. The van der Waals surface area contributed by atoms with Crippen molar-refractivity contribution in [3.05, 3.63) is 71.6 Å². The van der Waals surface area contributed by atoms with Crippen LogP contribution in [0.4, 0.5) is 5.69 Å². The number of carbonyl (C=O) groups excluding carboxylic acids is 2. The molecule has 3 heterocycles. The summed E-state index contributed by atoms with van der Waals surface area (Å²) in [7, 11) is 1.57. The van der Waals surface area contributed by atoms with Crippen LogP contribution in [-0.4, -0.2) is 35.4 Å². The van der Waals surface area contributed by atoms with Crippen molar-refractivity contribution in [1.82, 2.24) is 9.97 Å². The molecule has 152 valence electrons. The van der Waals surface area contributed by atoms with E-state index in [-0.39, 0.29) is 23.8 Å². The zero-order valence-corrected chi connectivity index (χ0v) is 16.4. The summed E-state index contributed by atoms with van der Waals surface area (Å²) in [4.78, 5) is 32.6. The number of anilines is 1. The molecule has 8 heteroatoms. The Morgan fingerprint density at radius 2 is 2.07 bits per heavy atom. The third-order valence-electron chi connectivity index (χ3n) is 4.49. The summed E-state index contributed by atoms with van der Waals surface area (Å²) in [6, 6.07) is 10.7. The number of aromatic amines is 1. The van der Waals surface area contributed by atoms with Gasteiger partial charge in [-0.05, 0) is 49.4 Å². The minimum atomic E-state index is -0.748. The summed E-state index contributed by atoms with van der Waals surface area (Å²) in [5, 5.41) is 3.81. The monoisotopic (exact) mass is 405 g/mol. The number of Topliss-reactive ketones (excluding diaryl/α,β-unsaturated/α-hetero) is 1. The van der Waals surface area contributed by atoms with E-state index in [9.17, 15) is 9.59 Å². The summed E-state index contributed by atoms with van der Waals surface area (Å²) in [5.74, 6) is -0.589. The minimum Gasteiger partial charge on any atom is -0.497 e. The molecular formula is C22H19N3O5. The van der Waals surface area contributed by atoms with Crippen molar-refractivity contribution in [2.24, 2.45) is 0 Å². The molecule has 0 aliphatic carbocycles. The zero-order chi connectivity index (χ0) is 21.1. The SMILES string of the molecule is CCOC(=O)C1=C(Nc2ccc(OC)cc2)O/C(=C\c2c[nH]c3ncccc23)C1=O. The van der Waals surface area contributed by atoms with Crippen LogP contribution in [0.2, 0.25) is 0 Å². The minimum absolute atomic E-state index is 0.0128. The smallest absolute Gasteiger partial charge is 0.347 e. The summed E-state index contributed by atoms with van der Waals surface area (Å²) in [6.45, 7) is 1.81. The van der Waals surface area contributed by atoms with Gasteiger partial charge in [0.1, 0.15) is 11.4 Å². The lowest BCUT2D eigenvalue weighted by atomic mass is 10.1. The highest BCUT2D eigenvalue weighted by atomic mass is 16.5. The molecule has 1 aliphatic rings. The maximum atomic E-state index is 12.9. The maximum Gasteiger partial charge on any atom is 0.347 e. The van der Waals surface area contributed by atoms with Crippen LogP contribution in [0.15, 0.2) is 66.0 Å². The fraction of sp³-hybridized carbons (Fsp3) is 0.136. The highest BCUT2D eigenvalue weighted by Gasteiger charge is 2.37. The molecule has 0 saturated carbocycles. The second kappa shape index (κ2) is 8.12. The normalized spacial score (nSPS) is 14.9. The molecule has 2 aromatic heterocycles. The average molecular weight is 405 g/mol. The number of ketones is 1. The number of pyridine rings is 1. The fourth-order valence-corrected chi connectivity index (χ4v) is 3.05. The van der Waals surface area contributed by atoms with Crippen molar-refractivity contribution in [3.8, 4) is 5.75 Å². The maximum absolute atomic E-state index is 12.9. The molecule has 0 unspecified atom stereocenters. The lowest BCUT2D eigenvalue weighted by Gasteiger charge is -2.09. The number of esters is 1. The quantitative estimate of drug-likeness (QED) is 0.368. The van der Waals surface area contributed by atoms with Crippen molar-refractivity contribution >= 4 is 34.5 Å². The Balaban J connectivity index is 1.68. The van der Waals surface area contributed by atoms with Gasteiger partial charge in [-0.15, -0.1) is 0 Å². The van der Waals surface area contributed by atoms with Gasteiger partial charge in [0.15, 0.2) is 11.3 Å². The molecule has 8 nitrogen and oxygen atoms in total. The van der Waals surface area contributed by atoms with Crippen molar-refractivity contribution < 1.29 is 23.8 Å². The van der Waals surface area contributed by atoms with Gasteiger partial charge in [0.2, 0.25) is 11.7 Å². The lowest BCUT2D eigenvalue weighted by molar-refractivity contribution is -0.139. The van der Waals surface area contributed by atoms with E-state index in [0.717, 1.165) is 10.9 Å². The average Bonchev–Trinajstić information content (AvgIpc) is 3.30. The molecule has 3 aromatic rings. The second-order valence-corrected chi connectivity index (χ2v) is 6.36. The lowest BCUT2D eigenvalue weighted by Crippen LogP contribution is -2.16. The molecule has 30 heavy (non-hydrogen) atoms. The molecular weight excluding hydrogens is 386 g/mol. The number of rotatable bonds is 6. The van der Waals surface area contributed by atoms with Gasteiger partial charge in [-0.2, -0.15) is 0 Å². The van der Waals surface area contributed by atoms with Crippen LogP contribution in [0.3, 0.4) is 0 Å². The number of methoxy groups -OCH3 is 1. The van der Waals surface area contributed by atoms with E-state index in [1.165, 1.54) is 0 Å². The molecule has 1 aliphatic heterocycles. The predicted molar refractivity (Wildman–Crippen MR) is 110 cm³/mol. The predicted octanol–water partition coefficient (Wildman–Crippen LogP) is 3.40. The van der Waals surface area contributed by atoms with Gasteiger partial charge < -0.3 is 24.5 Å². The van der Waals surface area contributed by atoms with Crippen LogP contribution >= 0.6 is 0 Å². The van der Waals surface area contributed by atoms with Crippen molar-refractivity contribution in [2.75, 3.05) is 19.0 Å². The van der Waals surface area contributed by atoms with E-state index in [1.807, 2.05) is 6.07 Å². The molecule has 0 fully saturated rings. The number of hydrogen-bond donors (Lipinski definition) is 2. The van der Waals surface area contributed by atoms with E-state index in [2.05, 4.69) is 15.3 Å².